The minimum atomic E-state index is -0.302. The highest BCUT2D eigenvalue weighted by Crippen LogP contribution is 2.24. The molecule has 0 atom stereocenters. The second kappa shape index (κ2) is 6.06. The van der Waals surface area contributed by atoms with Gasteiger partial charge < -0.3 is 10.4 Å². The highest BCUT2D eigenvalue weighted by atomic mass is 79.9. The summed E-state index contributed by atoms with van der Waals surface area (Å²) in [6.45, 7) is 0. The smallest absolute Gasteiger partial charge is 0.235 e. The van der Waals surface area contributed by atoms with E-state index in [1.807, 2.05) is 36.4 Å². The van der Waals surface area contributed by atoms with Gasteiger partial charge >= 0.3 is 0 Å². The van der Waals surface area contributed by atoms with Gasteiger partial charge in [-0.05, 0) is 48.5 Å². The second-order valence-electron chi connectivity index (χ2n) is 4.62. The summed E-state index contributed by atoms with van der Waals surface area (Å²) in [5.41, 5.74) is 1.20. The van der Waals surface area contributed by atoms with E-state index in [0.29, 0.717) is 5.69 Å². The van der Waals surface area contributed by atoms with E-state index in [-0.39, 0.29) is 22.2 Å². The van der Waals surface area contributed by atoms with Gasteiger partial charge in [0.2, 0.25) is 5.43 Å². The van der Waals surface area contributed by atoms with Crippen molar-refractivity contribution in [2.24, 2.45) is 4.99 Å². The molecule has 3 rings (SSSR count). The predicted molar refractivity (Wildman–Crippen MR) is 93.5 cm³/mol. The first-order valence-corrected chi connectivity index (χ1v) is 7.98. The van der Waals surface area contributed by atoms with Crippen molar-refractivity contribution in [3.63, 3.8) is 0 Å². The molecular weight excluding hydrogens is 412 g/mol. The van der Waals surface area contributed by atoms with Gasteiger partial charge in [-0.1, -0.05) is 31.9 Å². The summed E-state index contributed by atoms with van der Waals surface area (Å²) in [4.78, 5) is 16.2. The van der Waals surface area contributed by atoms with Crippen LogP contribution in [0.2, 0.25) is 0 Å². The van der Waals surface area contributed by atoms with Crippen molar-refractivity contribution in [1.82, 2.24) is 0 Å². The van der Waals surface area contributed by atoms with Crippen LogP contribution in [0.15, 0.2) is 67.3 Å². The lowest BCUT2D eigenvalue weighted by atomic mass is 10.2. The van der Waals surface area contributed by atoms with Crippen LogP contribution in [0.4, 0.5) is 17.1 Å². The molecule has 0 fully saturated rings. The van der Waals surface area contributed by atoms with Crippen LogP contribution in [0, 0.1) is 0 Å². The van der Waals surface area contributed by atoms with Crippen molar-refractivity contribution in [2.45, 2.75) is 0 Å². The van der Waals surface area contributed by atoms with Crippen LogP contribution in [0.5, 0.6) is 5.75 Å². The first-order chi connectivity index (χ1) is 10.5. The molecule has 0 unspecified atom stereocenters. The number of nitrogens with zero attached hydrogens (tertiary/aromatic N) is 1. The van der Waals surface area contributed by atoms with Crippen LogP contribution in [0.25, 0.3) is 0 Å². The van der Waals surface area contributed by atoms with Crippen LogP contribution >= 0.6 is 31.9 Å². The lowest BCUT2D eigenvalue weighted by Gasteiger charge is -2.10. The fourth-order valence-electron chi connectivity index (χ4n) is 1.93. The Morgan fingerprint density at radius 1 is 0.909 bits per heavy atom. The van der Waals surface area contributed by atoms with E-state index in [1.165, 1.54) is 0 Å². The molecule has 0 saturated carbocycles. The van der Waals surface area contributed by atoms with E-state index in [2.05, 4.69) is 42.2 Å². The van der Waals surface area contributed by atoms with Gasteiger partial charge in [0.05, 0.1) is 5.69 Å². The van der Waals surface area contributed by atoms with E-state index in [0.717, 1.165) is 14.6 Å². The van der Waals surface area contributed by atoms with Gasteiger partial charge in [0, 0.05) is 14.6 Å². The summed E-state index contributed by atoms with van der Waals surface area (Å²) in [6.07, 6.45) is 0. The average Bonchev–Trinajstić information content (AvgIpc) is 2.53. The van der Waals surface area contributed by atoms with Crippen molar-refractivity contribution in [1.29, 1.82) is 0 Å². The molecule has 0 spiro atoms. The van der Waals surface area contributed by atoms with Gasteiger partial charge in [0.25, 0.3) is 0 Å². The SMILES string of the molecule is O=c1c(Nc2ccc(Br)cc2)c(O)c1=Nc1ccc(Br)cc1. The number of nitrogens with one attached hydrogen (secondary N) is 1. The number of halogens is 2. The zero-order chi connectivity index (χ0) is 15.7. The normalized spacial score (nSPS) is 11.8. The first kappa shape index (κ1) is 15.0. The summed E-state index contributed by atoms with van der Waals surface area (Å²) < 4.78 is 1.86. The van der Waals surface area contributed by atoms with E-state index >= 15 is 0 Å². The van der Waals surface area contributed by atoms with E-state index in [1.54, 1.807) is 12.1 Å². The fraction of sp³-hybridized carbons (Fsp3) is 0. The Bertz CT molecular complexity index is 894. The Labute approximate surface area is 143 Å². The Morgan fingerprint density at radius 2 is 1.45 bits per heavy atom. The van der Waals surface area contributed by atoms with Gasteiger partial charge in [0.1, 0.15) is 5.69 Å². The highest BCUT2D eigenvalue weighted by molar-refractivity contribution is 9.10. The van der Waals surface area contributed by atoms with E-state index in [4.69, 9.17) is 0 Å². The molecule has 6 heteroatoms. The van der Waals surface area contributed by atoms with Crippen LogP contribution in [-0.4, -0.2) is 5.11 Å². The van der Waals surface area contributed by atoms with Crippen molar-refractivity contribution >= 4 is 48.9 Å². The highest BCUT2D eigenvalue weighted by Gasteiger charge is 2.18. The van der Waals surface area contributed by atoms with Gasteiger partial charge in [0.15, 0.2) is 11.1 Å². The second-order valence-corrected chi connectivity index (χ2v) is 6.45. The third kappa shape index (κ3) is 2.98. The Kier molecular flexibility index (Phi) is 4.13. The largest absolute Gasteiger partial charge is 0.504 e. The van der Waals surface area contributed by atoms with E-state index < -0.39 is 0 Å². The fourth-order valence-corrected chi connectivity index (χ4v) is 2.46. The molecule has 0 saturated heterocycles. The summed E-state index contributed by atoms with van der Waals surface area (Å²) in [6, 6.07) is 14.5. The molecule has 0 aliphatic carbocycles. The molecule has 0 aliphatic rings. The number of anilines is 2. The molecule has 3 aromatic rings. The Balaban J connectivity index is 1.89. The predicted octanol–water partition coefficient (Wildman–Crippen LogP) is 4.13. The minimum Gasteiger partial charge on any atom is -0.504 e. The number of benzene rings is 2. The monoisotopic (exact) mass is 420 g/mol. The third-order valence-electron chi connectivity index (χ3n) is 3.08. The van der Waals surface area contributed by atoms with Crippen molar-refractivity contribution < 1.29 is 5.11 Å². The van der Waals surface area contributed by atoms with Crippen molar-refractivity contribution in [3.05, 3.63) is 73.1 Å². The lowest BCUT2D eigenvalue weighted by molar-refractivity contribution is 0.464. The topological polar surface area (TPSA) is 61.7 Å². The summed E-state index contributed by atoms with van der Waals surface area (Å²) in [7, 11) is 0. The summed E-state index contributed by atoms with van der Waals surface area (Å²) in [5.74, 6) is -0.115. The van der Waals surface area contributed by atoms with Crippen molar-refractivity contribution in [2.75, 3.05) is 5.32 Å². The molecule has 0 aromatic heterocycles. The molecule has 4 nitrogen and oxygen atoms in total. The van der Waals surface area contributed by atoms with Gasteiger partial charge in [-0.25, -0.2) is 4.99 Å². The molecular formula is C16H10Br2N2O2. The minimum absolute atomic E-state index is 0.0712. The van der Waals surface area contributed by atoms with Crippen LogP contribution in [0.3, 0.4) is 0 Å². The van der Waals surface area contributed by atoms with Crippen LogP contribution in [-0.2, 0) is 0 Å². The quantitative estimate of drug-likeness (QED) is 0.668. The van der Waals surface area contributed by atoms with Crippen LogP contribution in [0.1, 0.15) is 0 Å². The lowest BCUT2D eigenvalue weighted by Crippen LogP contribution is -2.33. The standard InChI is InChI=1S/C16H10Br2N2O2/c17-9-1-5-11(6-2-9)19-13-15(21)14(16(13)22)20-12-7-3-10(18)4-8-12/h1-8,19,21H. The summed E-state index contributed by atoms with van der Waals surface area (Å²) >= 11 is 6.67. The molecule has 3 aromatic carbocycles. The maximum Gasteiger partial charge on any atom is 0.235 e. The third-order valence-corrected chi connectivity index (χ3v) is 4.14. The van der Waals surface area contributed by atoms with Gasteiger partial charge in [-0.15, -0.1) is 0 Å². The molecule has 0 amide bonds. The number of hydrogen-bond donors (Lipinski definition) is 2. The molecule has 2 N–H and O–H groups in total. The van der Waals surface area contributed by atoms with Gasteiger partial charge in [-0.3, -0.25) is 4.79 Å². The molecule has 0 radical (unpaired) electrons. The van der Waals surface area contributed by atoms with E-state index in [9.17, 15) is 9.90 Å². The molecule has 22 heavy (non-hydrogen) atoms. The zero-order valence-electron chi connectivity index (χ0n) is 11.2. The average molecular weight is 422 g/mol. The number of rotatable bonds is 3. The maximum absolute atomic E-state index is 12.1. The molecule has 0 aliphatic heterocycles. The Morgan fingerprint density at radius 3 is 2.00 bits per heavy atom. The number of hydrogen-bond acceptors (Lipinski definition) is 4. The maximum atomic E-state index is 12.1. The van der Waals surface area contributed by atoms with Crippen LogP contribution < -0.4 is 16.1 Å². The number of aromatic hydroxyl groups is 1. The Hall–Kier alpha value is -1.92. The molecule has 110 valence electrons. The summed E-state index contributed by atoms with van der Waals surface area (Å²) in [5, 5.41) is 13.0. The molecule has 0 bridgehead atoms. The van der Waals surface area contributed by atoms with Crippen molar-refractivity contribution in [3.8, 4) is 5.75 Å². The molecule has 0 heterocycles. The zero-order valence-corrected chi connectivity index (χ0v) is 14.3. The van der Waals surface area contributed by atoms with Gasteiger partial charge in [-0.2, -0.15) is 0 Å². The first-order valence-electron chi connectivity index (χ1n) is 6.40.